The van der Waals surface area contributed by atoms with Gasteiger partial charge in [-0.3, -0.25) is 0 Å². The Morgan fingerprint density at radius 3 is 1.74 bits per heavy atom. The summed E-state index contributed by atoms with van der Waals surface area (Å²) in [6.45, 7) is 0. The molecule has 46 heavy (non-hydrogen) atoms. The Labute approximate surface area is 264 Å². The maximum atomic E-state index is 2.49. The average molecular weight is 583 g/mol. The van der Waals surface area contributed by atoms with Crippen molar-refractivity contribution in [2.24, 2.45) is 0 Å². The molecule has 0 fully saturated rings. The number of aromatic nitrogens is 2. The van der Waals surface area contributed by atoms with Crippen LogP contribution in [0.5, 0.6) is 0 Å². The maximum absolute atomic E-state index is 2.49. The molecule has 11 rings (SSSR count). The molecule has 2 aromatic heterocycles. The molecule has 0 radical (unpaired) electrons. The number of para-hydroxylation sites is 2. The van der Waals surface area contributed by atoms with Gasteiger partial charge >= 0.3 is 0 Å². The van der Waals surface area contributed by atoms with E-state index in [-0.39, 0.29) is 0 Å². The molecule has 0 unspecified atom stereocenters. The van der Waals surface area contributed by atoms with Gasteiger partial charge in [-0.25, -0.2) is 0 Å². The van der Waals surface area contributed by atoms with Crippen LogP contribution in [0.2, 0.25) is 0 Å². The molecule has 0 amide bonds. The molecule has 9 aromatic carbocycles. The molecule has 11 aromatic rings. The SMILES string of the molecule is c1ccc(-n2c3cccc4c5ccccc5c5c6c7ccccc7n(-c7ccc8c(ccc9ccccc98)c7)c6cc2c5c43)cc1. The Morgan fingerprint density at radius 2 is 0.848 bits per heavy atom. The molecule has 212 valence electrons. The molecule has 0 spiro atoms. The smallest absolute Gasteiger partial charge is 0.0568 e. The fraction of sp³-hybridized carbons (Fsp3) is 0. The normalized spacial score (nSPS) is 12.3. The summed E-state index contributed by atoms with van der Waals surface area (Å²) in [4.78, 5) is 0. The minimum Gasteiger partial charge on any atom is -0.309 e. The van der Waals surface area contributed by atoms with E-state index in [1.807, 2.05) is 0 Å². The predicted molar refractivity (Wildman–Crippen MR) is 196 cm³/mol. The van der Waals surface area contributed by atoms with Crippen LogP contribution in [0.15, 0.2) is 158 Å². The zero-order valence-electron chi connectivity index (χ0n) is 24.9. The lowest BCUT2D eigenvalue weighted by atomic mass is 9.92. The molecule has 2 nitrogen and oxygen atoms in total. The Balaban J connectivity index is 1.38. The molecule has 2 heteroatoms. The summed E-state index contributed by atoms with van der Waals surface area (Å²) >= 11 is 0. The summed E-state index contributed by atoms with van der Waals surface area (Å²) in [6.07, 6.45) is 0. The molecule has 0 aliphatic rings. The van der Waals surface area contributed by atoms with Gasteiger partial charge in [0.2, 0.25) is 0 Å². The van der Waals surface area contributed by atoms with Crippen molar-refractivity contribution in [1.82, 2.24) is 9.13 Å². The summed E-state index contributed by atoms with van der Waals surface area (Å²) < 4.78 is 4.96. The van der Waals surface area contributed by atoms with E-state index in [1.54, 1.807) is 0 Å². The summed E-state index contributed by atoms with van der Waals surface area (Å²) in [6, 6.07) is 58.1. The van der Waals surface area contributed by atoms with E-state index in [0.717, 1.165) is 0 Å². The highest BCUT2D eigenvalue weighted by atomic mass is 15.0. The van der Waals surface area contributed by atoms with Crippen molar-refractivity contribution in [2.45, 2.75) is 0 Å². The summed E-state index contributed by atoms with van der Waals surface area (Å²) in [5.74, 6) is 0. The molecule has 0 aliphatic carbocycles. The highest BCUT2D eigenvalue weighted by Crippen LogP contribution is 2.49. The van der Waals surface area contributed by atoms with Gasteiger partial charge in [-0.05, 0) is 80.2 Å². The monoisotopic (exact) mass is 582 g/mol. The number of hydrogen-bond donors (Lipinski definition) is 0. The number of nitrogens with zero attached hydrogens (tertiary/aromatic N) is 2. The summed E-state index contributed by atoms with van der Waals surface area (Å²) in [7, 11) is 0. The van der Waals surface area contributed by atoms with Crippen molar-refractivity contribution in [3.8, 4) is 11.4 Å². The molecule has 0 saturated carbocycles. The Morgan fingerprint density at radius 1 is 0.261 bits per heavy atom. The largest absolute Gasteiger partial charge is 0.309 e. The quantitative estimate of drug-likeness (QED) is 0.179. The van der Waals surface area contributed by atoms with Crippen LogP contribution >= 0.6 is 0 Å². The van der Waals surface area contributed by atoms with Gasteiger partial charge in [-0.1, -0.05) is 115 Å². The van der Waals surface area contributed by atoms with E-state index < -0.39 is 0 Å². The fourth-order valence-electron chi connectivity index (χ4n) is 8.36. The van der Waals surface area contributed by atoms with Crippen LogP contribution < -0.4 is 0 Å². The Kier molecular flexibility index (Phi) is 4.61. The standard InChI is InChI=1S/C44H26N2/c1-2-12-29(13-3-1)45-38-20-10-18-34-33-15-6-7-16-35(33)43-42-36-17-8-9-19-37(36)46(39(42)26-40(45)44(43)41(34)38)30-23-24-32-28(25-30)22-21-27-11-4-5-14-31(27)32/h1-26H. The van der Waals surface area contributed by atoms with Gasteiger partial charge in [-0.2, -0.15) is 0 Å². The van der Waals surface area contributed by atoms with Gasteiger partial charge in [0, 0.05) is 38.3 Å². The van der Waals surface area contributed by atoms with Crippen molar-refractivity contribution in [2.75, 3.05) is 0 Å². The van der Waals surface area contributed by atoms with E-state index in [4.69, 9.17) is 0 Å². The maximum Gasteiger partial charge on any atom is 0.0568 e. The van der Waals surface area contributed by atoms with E-state index in [0.29, 0.717) is 0 Å². The summed E-state index contributed by atoms with van der Waals surface area (Å²) in [5, 5.41) is 15.6. The van der Waals surface area contributed by atoms with Crippen LogP contribution in [0.3, 0.4) is 0 Å². The van der Waals surface area contributed by atoms with E-state index in [1.165, 1.54) is 98.1 Å². The zero-order valence-corrected chi connectivity index (χ0v) is 24.9. The van der Waals surface area contributed by atoms with Gasteiger partial charge in [0.1, 0.15) is 0 Å². The van der Waals surface area contributed by atoms with Crippen molar-refractivity contribution in [3.05, 3.63) is 158 Å². The van der Waals surface area contributed by atoms with Crippen LogP contribution in [0, 0.1) is 0 Å². The van der Waals surface area contributed by atoms with Crippen molar-refractivity contribution < 1.29 is 0 Å². The second-order valence-electron chi connectivity index (χ2n) is 12.5. The topological polar surface area (TPSA) is 9.86 Å². The predicted octanol–water partition coefficient (Wildman–Crippen LogP) is 11.9. The molecule has 0 atom stereocenters. The first-order valence-electron chi connectivity index (χ1n) is 16.0. The van der Waals surface area contributed by atoms with Gasteiger partial charge < -0.3 is 9.13 Å². The Bertz CT molecular complexity index is 3010. The van der Waals surface area contributed by atoms with Gasteiger partial charge in [-0.15, -0.1) is 0 Å². The highest BCUT2D eigenvalue weighted by molar-refractivity contribution is 6.41. The van der Waals surface area contributed by atoms with Crippen molar-refractivity contribution in [3.63, 3.8) is 0 Å². The third kappa shape index (κ3) is 3.01. The third-order valence-corrected chi connectivity index (χ3v) is 10.2. The molecule has 0 bridgehead atoms. The zero-order chi connectivity index (χ0) is 29.9. The molecule has 0 saturated heterocycles. The second-order valence-corrected chi connectivity index (χ2v) is 12.5. The van der Waals surface area contributed by atoms with E-state index >= 15 is 0 Å². The molecular weight excluding hydrogens is 556 g/mol. The second kappa shape index (κ2) is 8.74. The average Bonchev–Trinajstić information content (AvgIpc) is 3.64. The van der Waals surface area contributed by atoms with Gasteiger partial charge in [0.15, 0.2) is 0 Å². The van der Waals surface area contributed by atoms with Gasteiger partial charge in [0.05, 0.1) is 22.1 Å². The number of benzene rings is 9. The minimum absolute atomic E-state index is 1.17. The minimum atomic E-state index is 1.17. The third-order valence-electron chi connectivity index (χ3n) is 10.2. The van der Waals surface area contributed by atoms with Crippen LogP contribution in [0.4, 0.5) is 0 Å². The van der Waals surface area contributed by atoms with Gasteiger partial charge in [0.25, 0.3) is 0 Å². The van der Waals surface area contributed by atoms with Crippen molar-refractivity contribution in [1.29, 1.82) is 0 Å². The number of hydrogen-bond acceptors (Lipinski definition) is 0. The molecular formula is C44H26N2. The highest BCUT2D eigenvalue weighted by Gasteiger charge is 2.25. The first-order valence-corrected chi connectivity index (χ1v) is 16.0. The van der Waals surface area contributed by atoms with Crippen molar-refractivity contribution >= 4 is 86.7 Å². The lowest BCUT2D eigenvalue weighted by molar-refractivity contribution is 1.17. The van der Waals surface area contributed by atoms with E-state index in [2.05, 4.69) is 167 Å². The summed E-state index contributed by atoms with van der Waals surface area (Å²) in [5.41, 5.74) is 7.28. The van der Waals surface area contributed by atoms with Crippen LogP contribution in [-0.2, 0) is 0 Å². The first-order chi connectivity index (χ1) is 22.8. The molecule has 0 N–H and O–H groups in total. The number of rotatable bonds is 2. The molecule has 0 aliphatic heterocycles. The lowest BCUT2D eigenvalue weighted by Crippen LogP contribution is -1.96. The van der Waals surface area contributed by atoms with Crippen LogP contribution in [-0.4, -0.2) is 9.13 Å². The Hall–Kier alpha value is -6.12. The van der Waals surface area contributed by atoms with Crippen LogP contribution in [0.25, 0.3) is 98.1 Å². The fourth-order valence-corrected chi connectivity index (χ4v) is 8.36. The molecule has 2 heterocycles. The lowest BCUT2D eigenvalue weighted by Gasteiger charge is -2.13. The van der Waals surface area contributed by atoms with E-state index in [9.17, 15) is 0 Å². The van der Waals surface area contributed by atoms with Crippen LogP contribution in [0.1, 0.15) is 0 Å². The first kappa shape index (κ1) is 24.2. The number of fused-ring (bicyclic) bond motifs is 10.